The second-order valence-electron chi connectivity index (χ2n) is 14.6. The zero-order chi connectivity index (χ0) is 30.8. The van der Waals surface area contributed by atoms with Crippen LogP contribution in [-0.4, -0.2) is 26.9 Å². The zero-order valence-corrected chi connectivity index (χ0v) is 28.7. The van der Waals surface area contributed by atoms with Crippen LogP contribution in [0.5, 0.6) is 11.5 Å². The summed E-state index contributed by atoms with van der Waals surface area (Å²) in [6, 6.07) is 8.82. The Kier molecular flexibility index (Phi) is 10.8. The molecule has 0 unspecified atom stereocenters. The molecule has 0 saturated carbocycles. The van der Waals surface area contributed by atoms with Gasteiger partial charge in [0, 0.05) is 32.9 Å². The molecule has 224 valence electrons. The number of carbonyl (C=O) groups is 1. The van der Waals surface area contributed by atoms with Gasteiger partial charge in [-0.1, -0.05) is 76.2 Å². The van der Waals surface area contributed by atoms with Gasteiger partial charge in [0.25, 0.3) is 0 Å². The van der Waals surface area contributed by atoms with E-state index in [1.54, 1.807) is 0 Å². The van der Waals surface area contributed by atoms with Gasteiger partial charge in [-0.25, -0.2) is 0 Å². The summed E-state index contributed by atoms with van der Waals surface area (Å²) in [7, 11) is 0. The van der Waals surface area contributed by atoms with E-state index >= 15 is 0 Å². The molecule has 0 spiro atoms. The van der Waals surface area contributed by atoms with E-state index in [1.165, 1.54) is 4.90 Å². The van der Waals surface area contributed by atoms with Crippen LogP contribution in [0.15, 0.2) is 34.1 Å². The predicted octanol–water partition coefficient (Wildman–Crippen LogP) is 10.3. The molecule has 0 bridgehead atoms. The molecule has 0 fully saturated rings. The van der Waals surface area contributed by atoms with Crippen LogP contribution in [0.1, 0.15) is 131 Å². The Hall–Kier alpha value is -1.79. The molecule has 2 N–H and O–H groups in total. The largest absolute Gasteiger partial charge is 0.507 e. The summed E-state index contributed by atoms with van der Waals surface area (Å²) >= 11 is 3.67. The lowest BCUT2D eigenvalue weighted by molar-refractivity contribution is -0.137. The first-order valence-corrected chi connectivity index (χ1v) is 15.9. The Labute approximate surface area is 252 Å². The fraction of sp³-hybridized carbons (Fsp3) is 0.618. The Morgan fingerprint density at radius 2 is 1.20 bits per heavy atom. The number of hydrogen-bond donors (Lipinski definition) is 2. The number of rotatable bonds is 10. The van der Waals surface area contributed by atoms with Crippen LogP contribution in [0.2, 0.25) is 0 Å². The van der Waals surface area contributed by atoms with Gasteiger partial charge in [0.05, 0.1) is 10.7 Å². The van der Waals surface area contributed by atoms with Crippen molar-refractivity contribution in [3.63, 3.8) is 0 Å². The Morgan fingerprint density at radius 3 is 1.60 bits per heavy atom. The van der Waals surface area contributed by atoms with Crippen LogP contribution < -0.4 is 4.74 Å². The van der Waals surface area contributed by atoms with Gasteiger partial charge in [0.1, 0.15) is 11.5 Å². The van der Waals surface area contributed by atoms with E-state index in [-0.39, 0.29) is 32.7 Å². The molecule has 0 radical (unpaired) electrons. The maximum absolute atomic E-state index is 11.0. The Balaban J connectivity index is 2.54. The van der Waals surface area contributed by atoms with Crippen LogP contribution in [0.25, 0.3) is 0 Å². The lowest BCUT2D eigenvalue weighted by Gasteiger charge is -2.32. The van der Waals surface area contributed by atoms with Crippen molar-refractivity contribution in [3.05, 3.63) is 46.5 Å². The van der Waals surface area contributed by atoms with Crippen molar-refractivity contribution >= 4 is 29.5 Å². The van der Waals surface area contributed by atoms with Crippen molar-refractivity contribution in [1.29, 1.82) is 0 Å². The van der Waals surface area contributed by atoms with Crippen molar-refractivity contribution in [1.82, 2.24) is 0 Å². The zero-order valence-electron chi connectivity index (χ0n) is 27.0. The second-order valence-corrected chi connectivity index (χ2v) is 18.3. The van der Waals surface area contributed by atoms with Crippen molar-refractivity contribution < 1.29 is 19.7 Å². The summed E-state index contributed by atoms with van der Waals surface area (Å²) in [6.45, 7) is 28.8. The highest BCUT2D eigenvalue weighted by molar-refractivity contribution is 8.18. The molecule has 0 amide bonds. The number of carboxylic acids is 1. The number of thioether (sulfide) groups is 2. The average molecular weight is 589 g/mol. The van der Waals surface area contributed by atoms with Gasteiger partial charge < -0.3 is 14.9 Å². The Bertz CT molecular complexity index is 1160. The van der Waals surface area contributed by atoms with E-state index < -0.39 is 5.97 Å². The summed E-state index contributed by atoms with van der Waals surface area (Å²) < 4.78 is 6.16. The fourth-order valence-electron chi connectivity index (χ4n) is 4.62. The topological polar surface area (TPSA) is 66.8 Å². The van der Waals surface area contributed by atoms with Crippen LogP contribution in [0.4, 0.5) is 0 Å². The number of phenolic OH excluding ortho intramolecular Hbond substituents is 1. The summed E-state index contributed by atoms with van der Waals surface area (Å²) in [5, 5.41) is 20.1. The van der Waals surface area contributed by atoms with E-state index in [9.17, 15) is 9.90 Å². The number of hydrogen-bond acceptors (Lipinski definition) is 5. The molecule has 0 aliphatic carbocycles. The quantitative estimate of drug-likeness (QED) is 0.163. The normalized spacial score (nSPS) is 13.2. The molecule has 0 atom stereocenters. The minimum atomic E-state index is -0.800. The molecular formula is C34H52O4S2. The van der Waals surface area contributed by atoms with Crippen molar-refractivity contribution in [2.45, 2.75) is 139 Å². The molecule has 40 heavy (non-hydrogen) atoms. The first-order chi connectivity index (χ1) is 18.0. The molecule has 2 aromatic carbocycles. The average Bonchev–Trinajstić information content (AvgIpc) is 2.75. The molecule has 4 nitrogen and oxygen atoms in total. The van der Waals surface area contributed by atoms with Crippen molar-refractivity contribution in [2.75, 3.05) is 6.61 Å². The molecule has 0 saturated heterocycles. The first-order valence-electron chi connectivity index (χ1n) is 14.3. The maximum Gasteiger partial charge on any atom is 0.303 e. The maximum atomic E-state index is 11.0. The molecule has 2 rings (SSSR count). The van der Waals surface area contributed by atoms with Crippen molar-refractivity contribution in [2.24, 2.45) is 0 Å². The number of carboxylic acid groups (broad SMARTS) is 1. The van der Waals surface area contributed by atoms with E-state index in [0.29, 0.717) is 18.8 Å². The second kappa shape index (κ2) is 12.6. The smallest absolute Gasteiger partial charge is 0.303 e. The SMILES string of the molecule is CC(C)c1cc(SC(C)(C)Sc2cc(C(C)(C)C)c(OCCCC(=O)O)c(C(C)(C)C)c2)cc(C(C)(C)C)c1O. The summed E-state index contributed by atoms with van der Waals surface area (Å²) in [5.41, 5.74) is 3.79. The van der Waals surface area contributed by atoms with Crippen LogP contribution >= 0.6 is 23.5 Å². The highest BCUT2D eigenvalue weighted by Gasteiger charge is 2.31. The highest BCUT2D eigenvalue weighted by atomic mass is 32.2. The summed E-state index contributed by atoms with van der Waals surface area (Å²) in [6.07, 6.45) is 0.575. The highest BCUT2D eigenvalue weighted by Crippen LogP contribution is 2.50. The van der Waals surface area contributed by atoms with Crippen LogP contribution in [0.3, 0.4) is 0 Å². The first kappa shape index (κ1) is 34.4. The van der Waals surface area contributed by atoms with Gasteiger partial charge in [-0.3, -0.25) is 4.79 Å². The molecule has 6 heteroatoms. The lowest BCUT2D eigenvalue weighted by atomic mass is 9.79. The monoisotopic (exact) mass is 588 g/mol. The van der Waals surface area contributed by atoms with Gasteiger partial charge in [0.2, 0.25) is 0 Å². The molecule has 0 aliphatic rings. The number of aliphatic carboxylic acids is 1. The third-order valence-electron chi connectivity index (χ3n) is 6.73. The lowest BCUT2D eigenvalue weighted by Crippen LogP contribution is -2.21. The van der Waals surface area contributed by atoms with Gasteiger partial charge >= 0.3 is 5.97 Å². The number of aromatic hydroxyl groups is 1. The van der Waals surface area contributed by atoms with Crippen LogP contribution in [-0.2, 0) is 21.0 Å². The number of benzene rings is 2. The molecular weight excluding hydrogens is 537 g/mol. The number of phenols is 1. The Morgan fingerprint density at radius 1 is 0.775 bits per heavy atom. The van der Waals surface area contributed by atoms with Gasteiger partial charge in [-0.05, 0) is 72.3 Å². The molecule has 0 aliphatic heterocycles. The van der Waals surface area contributed by atoms with Gasteiger partial charge in [-0.15, -0.1) is 23.5 Å². The third kappa shape index (κ3) is 9.37. The molecule has 2 aromatic rings. The minimum Gasteiger partial charge on any atom is -0.507 e. The van der Waals surface area contributed by atoms with Crippen molar-refractivity contribution in [3.8, 4) is 11.5 Å². The fourth-order valence-corrected chi connectivity index (χ4v) is 7.21. The number of ether oxygens (including phenoxy) is 1. The van der Waals surface area contributed by atoms with Gasteiger partial charge in [-0.2, -0.15) is 0 Å². The van der Waals surface area contributed by atoms with E-state index in [1.807, 2.05) is 23.5 Å². The van der Waals surface area contributed by atoms with E-state index in [4.69, 9.17) is 9.84 Å². The van der Waals surface area contributed by atoms with E-state index in [0.717, 1.165) is 32.9 Å². The van der Waals surface area contributed by atoms with E-state index in [2.05, 4.69) is 114 Å². The van der Waals surface area contributed by atoms with Crippen LogP contribution in [0, 0.1) is 0 Å². The third-order valence-corrected chi connectivity index (χ3v) is 9.16. The predicted molar refractivity (Wildman–Crippen MR) is 173 cm³/mol. The van der Waals surface area contributed by atoms with Gasteiger partial charge in [0.15, 0.2) is 0 Å². The molecule has 0 heterocycles. The summed E-state index contributed by atoms with van der Waals surface area (Å²) in [5.74, 6) is 0.728. The molecule has 0 aromatic heterocycles. The standard InChI is InChI=1S/C34H52O4S2/c1-21(2)24-17-22(18-25(29(24)37)31(3,4)5)39-34(12,13)40-23-19-26(32(6,7)8)30(27(20-23)33(9,10)11)38-16-14-15-28(35)36/h17-21,37H,14-16H2,1-13H3,(H,35,36). The summed E-state index contributed by atoms with van der Waals surface area (Å²) in [4.78, 5) is 13.4. The minimum absolute atomic E-state index is 0.0990.